The van der Waals surface area contributed by atoms with Crippen molar-refractivity contribution in [1.82, 2.24) is 16.2 Å². The number of thioether (sulfide) groups is 1. The van der Waals surface area contributed by atoms with E-state index < -0.39 is 6.10 Å². The number of hydrogen-bond acceptors (Lipinski definition) is 4. The maximum absolute atomic E-state index is 12.0. The van der Waals surface area contributed by atoms with Crippen LogP contribution in [0.4, 0.5) is 0 Å². The van der Waals surface area contributed by atoms with Crippen LogP contribution in [0.15, 0.2) is 18.2 Å². The summed E-state index contributed by atoms with van der Waals surface area (Å²) in [6.07, 6.45) is 2.46. The smallest absolute Gasteiger partial charge is 0.279 e. The molecule has 3 N–H and O–H groups in total. The first-order valence-corrected chi connectivity index (χ1v) is 9.31. The SMILES string of the molecule is CSCCCNC(=S)NNC(=O)[C@@H](C)Oc1cccc(C)c1C. The molecule has 1 rings (SSSR count). The zero-order chi connectivity index (χ0) is 17.2. The second kappa shape index (κ2) is 10.3. The standard InChI is InChI=1S/C16H25N3O2S2/c1-11-7-5-8-14(12(11)2)21-13(3)15(20)18-19-16(22)17-9-6-10-23-4/h5,7-8,13H,6,9-10H2,1-4H3,(H,18,20)(H2,17,19,22)/t13-/m1/s1. The number of amides is 1. The molecule has 1 atom stereocenters. The maximum Gasteiger partial charge on any atom is 0.279 e. The van der Waals surface area contributed by atoms with Crippen molar-refractivity contribution in [2.24, 2.45) is 0 Å². The first-order valence-electron chi connectivity index (χ1n) is 7.51. The van der Waals surface area contributed by atoms with Crippen molar-refractivity contribution in [2.45, 2.75) is 33.3 Å². The minimum absolute atomic E-state index is 0.279. The van der Waals surface area contributed by atoms with Crippen LogP contribution < -0.4 is 20.9 Å². The lowest BCUT2D eigenvalue weighted by molar-refractivity contribution is -0.127. The normalized spacial score (nSPS) is 11.5. The zero-order valence-corrected chi connectivity index (χ0v) is 15.7. The molecule has 0 saturated carbocycles. The van der Waals surface area contributed by atoms with Gasteiger partial charge < -0.3 is 10.1 Å². The third kappa shape index (κ3) is 7.09. The second-order valence-corrected chi connectivity index (χ2v) is 6.57. The fourth-order valence-electron chi connectivity index (χ4n) is 1.78. The van der Waals surface area contributed by atoms with Gasteiger partial charge in [-0.15, -0.1) is 0 Å². The molecule has 0 heterocycles. The number of aryl methyl sites for hydroxylation is 1. The quantitative estimate of drug-likeness (QED) is 0.396. The number of hydrazine groups is 1. The van der Waals surface area contributed by atoms with Crippen LogP contribution in [0.1, 0.15) is 24.5 Å². The molecule has 0 radical (unpaired) electrons. The molecule has 0 spiro atoms. The molecule has 1 aromatic rings. The third-order valence-electron chi connectivity index (χ3n) is 3.34. The van der Waals surface area contributed by atoms with Crippen LogP contribution in [0.5, 0.6) is 5.75 Å². The van der Waals surface area contributed by atoms with E-state index in [-0.39, 0.29) is 5.91 Å². The highest BCUT2D eigenvalue weighted by atomic mass is 32.2. The van der Waals surface area contributed by atoms with Crippen LogP contribution in [-0.4, -0.2) is 35.7 Å². The number of thiocarbonyl (C=S) groups is 1. The molecule has 0 aromatic heterocycles. The summed E-state index contributed by atoms with van der Waals surface area (Å²) in [4.78, 5) is 12.0. The van der Waals surface area contributed by atoms with Gasteiger partial charge >= 0.3 is 0 Å². The van der Waals surface area contributed by atoms with Gasteiger partial charge in [-0.05, 0) is 68.6 Å². The molecule has 0 aliphatic heterocycles. The summed E-state index contributed by atoms with van der Waals surface area (Å²) in [6.45, 7) is 6.46. The molecule has 0 aliphatic carbocycles. The van der Waals surface area contributed by atoms with Gasteiger partial charge in [0.05, 0.1) is 0 Å². The molecule has 7 heteroatoms. The van der Waals surface area contributed by atoms with Gasteiger partial charge in [-0.25, -0.2) is 0 Å². The van der Waals surface area contributed by atoms with E-state index in [1.807, 2.05) is 32.0 Å². The number of hydrogen-bond donors (Lipinski definition) is 3. The van der Waals surface area contributed by atoms with Gasteiger partial charge in [-0.2, -0.15) is 11.8 Å². The zero-order valence-electron chi connectivity index (χ0n) is 14.1. The van der Waals surface area contributed by atoms with E-state index in [1.54, 1.807) is 18.7 Å². The second-order valence-electron chi connectivity index (χ2n) is 5.17. The minimum atomic E-state index is -0.623. The fourth-order valence-corrected chi connectivity index (χ4v) is 2.36. The summed E-state index contributed by atoms with van der Waals surface area (Å²) in [5, 5.41) is 3.43. The van der Waals surface area contributed by atoms with E-state index in [2.05, 4.69) is 22.4 Å². The van der Waals surface area contributed by atoms with Crippen LogP contribution in [0.3, 0.4) is 0 Å². The van der Waals surface area contributed by atoms with Crippen molar-refractivity contribution in [2.75, 3.05) is 18.6 Å². The van der Waals surface area contributed by atoms with Crippen molar-refractivity contribution in [3.8, 4) is 5.75 Å². The Morgan fingerprint density at radius 3 is 2.78 bits per heavy atom. The summed E-state index contributed by atoms with van der Waals surface area (Å²) in [6, 6.07) is 5.78. The Balaban J connectivity index is 2.36. The largest absolute Gasteiger partial charge is 0.481 e. The summed E-state index contributed by atoms with van der Waals surface area (Å²) in [7, 11) is 0. The number of benzene rings is 1. The van der Waals surface area contributed by atoms with Crippen molar-refractivity contribution >= 4 is 35.0 Å². The van der Waals surface area contributed by atoms with Gasteiger partial charge in [0.15, 0.2) is 11.2 Å². The van der Waals surface area contributed by atoms with Gasteiger partial charge in [0.2, 0.25) is 0 Å². The molecule has 0 unspecified atom stereocenters. The summed E-state index contributed by atoms with van der Waals surface area (Å²) >= 11 is 6.88. The van der Waals surface area contributed by atoms with Gasteiger partial charge in [-0.1, -0.05) is 12.1 Å². The van der Waals surface area contributed by atoms with Gasteiger partial charge in [0.1, 0.15) is 5.75 Å². The molecule has 0 saturated heterocycles. The molecule has 1 amide bonds. The summed E-state index contributed by atoms with van der Waals surface area (Å²) in [5.41, 5.74) is 7.40. The summed E-state index contributed by atoms with van der Waals surface area (Å²) < 4.78 is 5.71. The van der Waals surface area contributed by atoms with E-state index in [9.17, 15) is 4.79 Å². The van der Waals surface area contributed by atoms with Crippen molar-refractivity contribution < 1.29 is 9.53 Å². The lowest BCUT2D eigenvalue weighted by atomic mass is 10.1. The topological polar surface area (TPSA) is 62.4 Å². The van der Waals surface area contributed by atoms with E-state index in [0.717, 1.165) is 29.8 Å². The third-order valence-corrected chi connectivity index (χ3v) is 4.28. The number of nitrogens with one attached hydrogen (secondary N) is 3. The van der Waals surface area contributed by atoms with Crippen LogP contribution in [-0.2, 0) is 4.79 Å². The highest BCUT2D eigenvalue weighted by Crippen LogP contribution is 2.21. The predicted molar refractivity (Wildman–Crippen MR) is 101 cm³/mol. The molecular weight excluding hydrogens is 330 g/mol. The molecule has 128 valence electrons. The van der Waals surface area contributed by atoms with Crippen molar-refractivity contribution in [3.05, 3.63) is 29.3 Å². The summed E-state index contributed by atoms with van der Waals surface area (Å²) in [5.74, 6) is 1.51. The first-order chi connectivity index (χ1) is 11.0. The maximum atomic E-state index is 12.0. The molecule has 5 nitrogen and oxygen atoms in total. The van der Waals surface area contributed by atoms with E-state index in [0.29, 0.717) is 10.9 Å². The Morgan fingerprint density at radius 2 is 2.09 bits per heavy atom. The molecule has 1 aromatic carbocycles. The monoisotopic (exact) mass is 355 g/mol. The van der Waals surface area contributed by atoms with Crippen molar-refractivity contribution in [3.63, 3.8) is 0 Å². The van der Waals surface area contributed by atoms with Gasteiger partial charge in [0.25, 0.3) is 5.91 Å². The Morgan fingerprint density at radius 1 is 1.35 bits per heavy atom. The highest BCUT2D eigenvalue weighted by molar-refractivity contribution is 7.98. The molecule has 0 fully saturated rings. The Labute approximate surface area is 147 Å². The Hall–Kier alpha value is -1.47. The average molecular weight is 356 g/mol. The lowest BCUT2D eigenvalue weighted by Gasteiger charge is -2.18. The molecule has 0 aliphatic rings. The minimum Gasteiger partial charge on any atom is -0.481 e. The average Bonchev–Trinajstić information content (AvgIpc) is 2.53. The van der Waals surface area contributed by atoms with E-state index >= 15 is 0 Å². The van der Waals surface area contributed by atoms with Crippen LogP contribution in [0.2, 0.25) is 0 Å². The van der Waals surface area contributed by atoms with Crippen LogP contribution >= 0.6 is 24.0 Å². The Bertz CT molecular complexity index is 538. The fraction of sp³-hybridized carbons (Fsp3) is 0.500. The number of ether oxygens (including phenoxy) is 1. The van der Waals surface area contributed by atoms with Gasteiger partial charge in [-0.3, -0.25) is 15.6 Å². The number of carbonyl (C=O) groups excluding carboxylic acids is 1. The number of carbonyl (C=O) groups is 1. The lowest BCUT2D eigenvalue weighted by Crippen LogP contribution is -2.50. The predicted octanol–water partition coefficient (Wildman–Crippen LogP) is 2.32. The van der Waals surface area contributed by atoms with E-state index in [4.69, 9.17) is 17.0 Å². The van der Waals surface area contributed by atoms with E-state index in [1.165, 1.54) is 0 Å². The Kier molecular flexibility index (Phi) is 8.79. The highest BCUT2D eigenvalue weighted by Gasteiger charge is 2.16. The number of rotatable bonds is 7. The molecular formula is C16H25N3O2S2. The molecule has 23 heavy (non-hydrogen) atoms. The van der Waals surface area contributed by atoms with Crippen LogP contribution in [0, 0.1) is 13.8 Å². The first kappa shape index (κ1) is 19.6. The van der Waals surface area contributed by atoms with Gasteiger partial charge in [0, 0.05) is 6.54 Å². The van der Waals surface area contributed by atoms with Crippen molar-refractivity contribution in [1.29, 1.82) is 0 Å². The molecule has 0 bridgehead atoms. The van der Waals surface area contributed by atoms with Crippen LogP contribution in [0.25, 0.3) is 0 Å².